The van der Waals surface area contributed by atoms with E-state index in [1.807, 2.05) is 0 Å². The standard InChI is InChI=1S/C15H30O4/c1-3-5-6-7-8-9-10-17-11-12-18-13-14-19-15(16)4-2/h3-14H2,1-2H3. The Morgan fingerprint density at radius 3 is 2.00 bits per heavy atom. The fraction of sp³-hybridized carbons (Fsp3) is 0.933. The molecule has 19 heavy (non-hydrogen) atoms. The predicted octanol–water partition coefficient (Wildman–Crippen LogP) is 3.33. The van der Waals surface area contributed by atoms with Crippen molar-refractivity contribution in [3.63, 3.8) is 0 Å². The summed E-state index contributed by atoms with van der Waals surface area (Å²) in [5, 5.41) is 0. The Hall–Kier alpha value is -0.610. The zero-order chi connectivity index (χ0) is 14.2. The van der Waals surface area contributed by atoms with Gasteiger partial charge >= 0.3 is 5.97 Å². The normalized spacial score (nSPS) is 10.6. The van der Waals surface area contributed by atoms with Crippen molar-refractivity contribution >= 4 is 5.97 Å². The van der Waals surface area contributed by atoms with E-state index >= 15 is 0 Å². The SMILES string of the molecule is CCCCCCCCOCCOCCOC(=O)CC. The highest BCUT2D eigenvalue weighted by molar-refractivity contribution is 5.68. The molecule has 0 amide bonds. The lowest BCUT2D eigenvalue weighted by atomic mass is 10.1. The first-order valence-corrected chi connectivity index (χ1v) is 7.62. The van der Waals surface area contributed by atoms with Crippen molar-refractivity contribution < 1.29 is 19.0 Å². The van der Waals surface area contributed by atoms with Crippen molar-refractivity contribution in [3.8, 4) is 0 Å². The summed E-state index contributed by atoms with van der Waals surface area (Å²) >= 11 is 0. The second kappa shape index (κ2) is 15.4. The van der Waals surface area contributed by atoms with Gasteiger partial charge in [0.15, 0.2) is 0 Å². The van der Waals surface area contributed by atoms with Crippen LogP contribution in [0.15, 0.2) is 0 Å². The van der Waals surface area contributed by atoms with Crippen LogP contribution in [0.3, 0.4) is 0 Å². The lowest BCUT2D eigenvalue weighted by Crippen LogP contribution is -2.12. The number of ether oxygens (including phenoxy) is 3. The summed E-state index contributed by atoms with van der Waals surface area (Å²) in [6.07, 6.45) is 8.11. The Morgan fingerprint density at radius 2 is 1.32 bits per heavy atom. The van der Waals surface area contributed by atoms with Crippen LogP contribution in [0.2, 0.25) is 0 Å². The third-order valence-corrected chi connectivity index (χ3v) is 2.79. The van der Waals surface area contributed by atoms with Crippen molar-refractivity contribution in [1.82, 2.24) is 0 Å². The average Bonchev–Trinajstić information content (AvgIpc) is 2.43. The summed E-state index contributed by atoms with van der Waals surface area (Å²) in [4.78, 5) is 10.8. The molecule has 0 N–H and O–H groups in total. The van der Waals surface area contributed by atoms with Crippen molar-refractivity contribution in [2.75, 3.05) is 33.0 Å². The number of hydrogen-bond acceptors (Lipinski definition) is 4. The molecule has 0 aromatic rings. The molecule has 114 valence electrons. The molecular weight excluding hydrogens is 244 g/mol. The molecule has 4 heteroatoms. The quantitative estimate of drug-likeness (QED) is 0.360. The van der Waals surface area contributed by atoms with Crippen LogP contribution in [0.1, 0.15) is 58.8 Å². The topological polar surface area (TPSA) is 44.8 Å². The molecule has 0 fully saturated rings. The highest BCUT2D eigenvalue weighted by atomic mass is 16.6. The number of esters is 1. The van der Waals surface area contributed by atoms with Gasteiger partial charge in [0, 0.05) is 13.0 Å². The lowest BCUT2D eigenvalue weighted by Gasteiger charge is -2.06. The summed E-state index contributed by atoms with van der Waals surface area (Å²) in [6, 6.07) is 0. The van der Waals surface area contributed by atoms with Gasteiger partial charge in [-0.1, -0.05) is 46.0 Å². The van der Waals surface area contributed by atoms with Crippen LogP contribution >= 0.6 is 0 Å². The van der Waals surface area contributed by atoms with Gasteiger partial charge in [-0.15, -0.1) is 0 Å². The largest absolute Gasteiger partial charge is 0.463 e. The molecule has 0 aliphatic rings. The monoisotopic (exact) mass is 274 g/mol. The first-order valence-electron chi connectivity index (χ1n) is 7.62. The second-order valence-electron chi connectivity index (χ2n) is 4.57. The van der Waals surface area contributed by atoms with Gasteiger partial charge in [-0.3, -0.25) is 4.79 Å². The van der Waals surface area contributed by atoms with Gasteiger partial charge < -0.3 is 14.2 Å². The third kappa shape index (κ3) is 15.3. The fourth-order valence-electron chi connectivity index (χ4n) is 1.62. The lowest BCUT2D eigenvalue weighted by molar-refractivity contribution is -0.144. The smallest absolute Gasteiger partial charge is 0.305 e. The van der Waals surface area contributed by atoms with E-state index in [0.717, 1.165) is 13.0 Å². The molecule has 0 aliphatic heterocycles. The van der Waals surface area contributed by atoms with Crippen LogP contribution < -0.4 is 0 Å². The minimum absolute atomic E-state index is 0.178. The van der Waals surface area contributed by atoms with Crippen LogP contribution in [0.4, 0.5) is 0 Å². The molecule has 0 unspecified atom stereocenters. The van der Waals surface area contributed by atoms with E-state index in [0.29, 0.717) is 32.8 Å². The maximum absolute atomic E-state index is 10.8. The molecule has 0 aromatic heterocycles. The van der Waals surface area contributed by atoms with Crippen molar-refractivity contribution in [1.29, 1.82) is 0 Å². The maximum atomic E-state index is 10.8. The predicted molar refractivity (Wildman–Crippen MR) is 76.3 cm³/mol. The van der Waals surface area contributed by atoms with Gasteiger partial charge in [0.2, 0.25) is 0 Å². The zero-order valence-corrected chi connectivity index (χ0v) is 12.6. The molecule has 4 nitrogen and oxygen atoms in total. The van der Waals surface area contributed by atoms with Crippen molar-refractivity contribution in [2.24, 2.45) is 0 Å². The van der Waals surface area contributed by atoms with Crippen LogP contribution in [0.25, 0.3) is 0 Å². The van der Waals surface area contributed by atoms with Gasteiger partial charge in [-0.05, 0) is 6.42 Å². The van der Waals surface area contributed by atoms with Crippen LogP contribution in [-0.2, 0) is 19.0 Å². The molecule has 0 aromatic carbocycles. The molecule has 0 rings (SSSR count). The Bertz CT molecular complexity index is 195. The van der Waals surface area contributed by atoms with E-state index < -0.39 is 0 Å². The maximum Gasteiger partial charge on any atom is 0.305 e. The Labute approximate surface area is 117 Å². The molecule has 0 bridgehead atoms. The highest BCUT2D eigenvalue weighted by Gasteiger charge is 1.97. The average molecular weight is 274 g/mol. The summed E-state index contributed by atoms with van der Waals surface area (Å²) in [7, 11) is 0. The van der Waals surface area contributed by atoms with E-state index in [2.05, 4.69) is 6.92 Å². The van der Waals surface area contributed by atoms with Crippen molar-refractivity contribution in [2.45, 2.75) is 58.8 Å². The van der Waals surface area contributed by atoms with Crippen LogP contribution in [0, 0.1) is 0 Å². The summed E-state index contributed by atoms with van der Waals surface area (Å²) < 4.78 is 15.6. The van der Waals surface area contributed by atoms with E-state index in [1.54, 1.807) is 6.92 Å². The minimum atomic E-state index is -0.178. The fourth-order valence-corrected chi connectivity index (χ4v) is 1.62. The molecule has 0 aliphatic carbocycles. The third-order valence-electron chi connectivity index (χ3n) is 2.79. The second-order valence-corrected chi connectivity index (χ2v) is 4.57. The summed E-state index contributed by atoms with van der Waals surface area (Å²) in [5.41, 5.74) is 0. The molecule has 0 spiro atoms. The number of rotatable bonds is 14. The van der Waals surface area contributed by atoms with E-state index in [9.17, 15) is 4.79 Å². The number of unbranched alkanes of at least 4 members (excludes halogenated alkanes) is 5. The van der Waals surface area contributed by atoms with Crippen LogP contribution in [-0.4, -0.2) is 39.0 Å². The van der Waals surface area contributed by atoms with Gasteiger partial charge in [0.25, 0.3) is 0 Å². The van der Waals surface area contributed by atoms with E-state index in [-0.39, 0.29) is 5.97 Å². The first-order chi connectivity index (χ1) is 9.31. The molecule has 0 saturated heterocycles. The summed E-state index contributed by atoms with van der Waals surface area (Å²) in [6.45, 7) is 6.80. The number of carbonyl (C=O) groups is 1. The van der Waals surface area contributed by atoms with Gasteiger partial charge in [0.1, 0.15) is 6.61 Å². The zero-order valence-electron chi connectivity index (χ0n) is 12.6. The van der Waals surface area contributed by atoms with Crippen LogP contribution in [0.5, 0.6) is 0 Å². The molecule has 0 radical (unpaired) electrons. The molecule has 0 heterocycles. The van der Waals surface area contributed by atoms with Crippen molar-refractivity contribution in [3.05, 3.63) is 0 Å². The Morgan fingerprint density at radius 1 is 0.737 bits per heavy atom. The number of carbonyl (C=O) groups excluding carboxylic acids is 1. The van der Waals surface area contributed by atoms with Gasteiger partial charge in [-0.2, -0.15) is 0 Å². The molecule has 0 saturated carbocycles. The molecule has 0 atom stereocenters. The Balaban J connectivity index is 2.97. The van der Waals surface area contributed by atoms with Gasteiger partial charge in [0.05, 0.1) is 19.8 Å². The highest BCUT2D eigenvalue weighted by Crippen LogP contribution is 2.04. The number of hydrogen-bond donors (Lipinski definition) is 0. The minimum Gasteiger partial charge on any atom is -0.463 e. The first kappa shape index (κ1) is 18.4. The van der Waals surface area contributed by atoms with E-state index in [4.69, 9.17) is 14.2 Å². The summed E-state index contributed by atoms with van der Waals surface area (Å²) in [5.74, 6) is -0.178. The van der Waals surface area contributed by atoms with E-state index in [1.165, 1.54) is 32.1 Å². The van der Waals surface area contributed by atoms with Gasteiger partial charge in [-0.25, -0.2) is 0 Å². The Kier molecular flexibility index (Phi) is 15.0. The molecular formula is C15H30O4.